The molecule has 0 unspecified atom stereocenters. The number of para-hydroxylation sites is 1. The molecule has 1 aliphatic carbocycles. The first kappa shape index (κ1) is 19.2. The Hall–Kier alpha value is -3.47. The Bertz CT molecular complexity index is 1330. The number of hydrogen-bond donors (Lipinski definition) is 0. The average molecular weight is 423 g/mol. The Morgan fingerprint density at radius 2 is 1.84 bits per heavy atom. The zero-order chi connectivity index (χ0) is 21.7. The van der Waals surface area contributed by atoms with Crippen LogP contribution >= 0.6 is 0 Å². The van der Waals surface area contributed by atoms with Gasteiger partial charge in [-0.1, -0.05) is 43.2 Å². The number of hydrogen-bond acceptors (Lipinski definition) is 3. The standard InChI is InChI=1S/C27H26N4O/c1-30-16-21-11-10-19(12-24(21)27(30)32)23-13-20-8-4-5-9-25(20)29-26(23)22-14-28-31(17-22)15-18-6-2-3-7-18/h4-5,8-14,17-18H,2-3,6-7,15-16H2,1H3. The van der Waals surface area contributed by atoms with Gasteiger partial charge >= 0.3 is 0 Å². The minimum atomic E-state index is 0.0848. The van der Waals surface area contributed by atoms with Crippen molar-refractivity contribution >= 4 is 16.8 Å². The van der Waals surface area contributed by atoms with Gasteiger partial charge in [0.1, 0.15) is 0 Å². The number of carbonyl (C=O) groups excluding carboxylic acids is 1. The van der Waals surface area contributed by atoms with Gasteiger partial charge in [-0.2, -0.15) is 5.10 Å². The van der Waals surface area contributed by atoms with E-state index in [1.807, 2.05) is 37.5 Å². The van der Waals surface area contributed by atoms with Gasteiger partial charge in [-0.3, -0.25) is 9.48 Å². The molecule has 5 nitrogen and oxygen atoms in total. The van der Waals surface area contributed by atoms with E-state index in [4.69, 9.17) is 4.98 Å². The fourth-order valence-electron chi connectivity index (χ4n) is 5.21. The van der Waals surface area contributed by atoms with E-state index in [-0.39, 0.29) is 5.91 Å². The van der Waals surface area contributed by atoms with Gasteiger partial charge in [-0.25, -0.2) is 4.98 Å². The fraction of sp³-hybridized carbons (Fsp3) is 0.296. The van der Waals surface area contributed by atoms with Crippen molar-refractivity contribution in [3.05, 3.63) is 72.1 Å². The molecule has 1 amide bonds. The lowest BCUT2D eigenvalue weighted by Gasteiger charge is -2.11. The summed E-state index contributed by atoms with van der Waals surface area (Å²) in [5.41, 5.74) is 6.83. The Kier molecular flexibility index (Phi) is 4.56. The third-order valence-corrected chi connectivity index (χ3v) is 6.96. The first-order chi connectivity index (χ1) is 15.7. The molecule has 6 rings (SSSR count). The molecule has 4 aromatic rings. The largest absolute Gasteiger partial charge is 0.337 e. The number of fused-ring (bicyclic) bond motifs is 2. The van der Waals surface area contributed by atoms with E-state index in [1.54, 1.807) is 4.90 Å². The monoisotopic (exact) mass is 422 g/mol. The van der Waals surface area contributed by atoms with Crippen LogP contribution in [0.2, 0.25) is 0 Å². The van der Waals surface area contributed by atoms with E-state index in [9.17, 15) is 4.79 Å². The van der Waals surface area contributed by atoms with Gasteiger partial charge in [0.25, 0.3) is 5.91 Å². The first-order valence-electron chi connectivity index (χ1n) is 11.5. The third kappa shape index (κ3) is 3.29. The summed E-state index contributed by atoms with van der Waals surface area (Å²) in [6, 6.07) is 16.6. The zero-order valence-electron chi connectivity index (χ0n) is 18.3. The van der Waals surface area contributed by atoms with Crippen molar-refractivity contribution in [1.82, 2.24) is 19.7 Å². The predicted molar refractivity (Wildman–Crippen MR) is 126 cm³/mol. The number of amides is 1. The normalized spacial score (nSPS) is 16.3. The summed E-state index contributed by atoms with van der Waals surface area (Å²) in [5, 5.41) is 5.76. The maximum absolute atomic E-state index is 12.6. The molecule has 0 N–H and O–H groups in total. The van der Waals surface area contributed by atoms with E-state index < -0.39 is 0 Å². The molecule has 0 saturated heterocycles. The van der Waals surface area contributed by atoms with E-state index in [0.717, 1.165) is 56.9 Å². The van der Waals surface area contributed by atoms with Crippen molar-refractivity contribution in [2.45, 2.75) is 38.8 Å². The maximum Gasteiger partial charge on any atom is 0.254 e. The summed E-state index contributed by atoms with van der Waals surface area (Å²) >= 11 is 0. The van der Waals surface area contributed by atoms with Crippen LogP contribution in [0.4, 0.5) is 0 Å². The third-order valence-electron chi connectivity index (χ3n) is 6.96. The molecule has 1 fully saturated rings. The van der Waals surface area contributed by atoms with Crippen LogP contribution in [0.3, 0.4) is 0 Å². The second-order valence-electron chi connectivity index (χ2n) is 9.21. The number of carbonyl (C=O) groups is 1. The number of benzene rings is 2. The Morgan fingerprint density at radius 1 is 1.00 bits per heavy atom. The van der Waals surface area contributed by atoms with E-state index >= 15 is 0 Å². The number of rotatable bonds is 4. The second-order valence-corrected chi connectivity index (χ2v) is 9.21. The van der Waals surface area contributed by atoms with Crippen LogP contribution in [0, 0.1) is 5.92 Å². The van der Waals surface area contributed by atoms with Gasteiger partial charge < -0.3 is 4.90 Å². The Morgan fingerprint density at radius 3 is 2.72 bits per heavy atom. The lowest BCUT2D eigenvalue weighted by Crippen LogP contribution is -2.17. The summed E-state index contributed by atoms with van der Waals surface area (Å²) in [6.07, 6.45) is 9.33. The molecule has 3 heterocycles. The molecule has 2 aliphatic rings. The van der Waals surface area contributed by atoms with Crippen LogP contribution < -0.4 is 0 Å². The summed E-state index contributed by atoms with van der Waals surface area (Å²) in [7, 11) is 1.85. The highest BCUT2D eigenvalue weighted by atomic mass is 16.2. The minimum absolute atomic E-state index is 0.0848. The molecule has 1 aliphatic heterocycles. The van der Waals surface area contributed by atoms with Gasteiger partial charge in [-0.15, -0.1) is 0 Å². The number of aromatic nitrogens is 3. The highest BCUT2D eigenvalue weighted by Crippen LogP contribution is 2.36. The first-order valence-corrected chi connectivity index (χ1v) is 11.5. The molecule has 32 heavy (non-hydrogen) atoms. The molecular formula is C27H26N4O. The van der Waals surface area contributed by atoms with Gasteiger partial charge in [0.15, 0.2) is 0 Å². The van der Waals surface area contributed by atoms with Crippen LogP contribution in [0.15, 0.2) is 60.9 Å². The SMILES string of the molecule is CN1Cc2ccc(-c3cc4ccccc4nc3-c3cnn(CC4CCCC4)c3)cc2C1=O. The van der Waals surface area contributed by atoms with Crippen LogP contribution in [-0.4, -0.2) is 32.6 Å². The molecule has 2 aromatic heterocycles. The number of nitrogens with zero attached hydrogens (tertiary/aromatic N) is 4. The summed E-state index contributed by atoms with van der Waals surface area (Å²) < 4.78 is 2.08. The highest BCUT2D eigenvalue weighted by Gasteiger charge is 2.25. The molecule has 160 valence electrons. The quantitative estimate of drug-likeness (QED) is 0.434. The lowest BCUT2D eigenvalue weighted by molar-refractivity contribution is 0.0816. The van der Waals surface area contributed by atoms with Crippen LogP contribution in [-0.2, 0) is 13.1 Å². The van der Waals surface area contributed by atoms with Crippen molar-refractivity contribution in [2.24, 2.45) is 5.92 Å². The fourth-order valence-corrected chi connectivity index (χ4v) is 5.21. The minimum Gasteiger partial charge on any atom is -0.337 e. The average Bonchev–Trinajstić information content (AvgIpc) is 3.55. The van der Waals surface area contributed by atoms with Crippen LogP contribution in [0.5, 0.6) is 0 Å². The zero-order valence-corrected chi connectivity index (χ0v) is 18.3. The van der Waals surface area contributed by atoms with Gasteiger partial charge in [0.05, 0.1) is 17.4 Å². The topological polar surface area (TPSA) is 51.0 Å². The van der Waals surface area contributed by atoms with Gasteiger partial charge in [0, 0.05) is 48.4 Å². The molecule has 1 saturated carbocycles. The molecule has 0 bridgehead atoms. The molecule has 5 heteroatoms. The van der Waals surface area contributed by atoms with E-state index in [0.29, 0.717) is 6.54 Å². The summed E-state index contributed by atoms with van der Waals surface area (Å²) in [4.78, 5) is 19.4. The van der Waals surface area contributed by atoms with Crippen molar-refractivity contribution < 1.29 is 4.79 Å². The Balaban J connectivity index is 1.46. The number of pyridine rings is 1. The van der Waals surface area contributed by atoms with Gasteiger partial charge in [0.2, 0.25) is 0 Å². The Labute approximate surface area is 187 Å². The second kappa shape index (κ2) is 7.59. The van der Waals surface area contributed by atoms with Crippen molar-refractivity contribution in [3.8, 4) is 22.4 Å². The molecular weight excluding hydrogens is 396 g/mol. The molecule has 2 aromatic carbocycles. The summed E-state index contributed by atoms with van der Waals surface area (Å²) in [6.45, 7) is 1.65. The molecule has 0 radical (unpaired) electrons. The lowest BCUT2D eigenvalue weighted by atomic mass is 9.96. The highest BCUT2D eigenvalue weighted by molar-refractivity contribution is 6.00. The molecule has 0 atom stereocenters. The maximum atomic E-state index is 12.6. The van der Waals surface area contributed by atoms with Crippen molar-refractivity contribution in [1.29, 1.82) is 0 Å². The van der Waals surface area contributed by atoms with E-state index in [1.165, 1.54) is 25.7 Å². The predicted octanol–water partition coefficient (Wildman–Crippen LogP) is 5.54. The smallest absolute Gasteiger partial charge is 0.254 e. The van der Waals surface area contributed by atoms with Crippen molar-refractivity contribution in [3.63, 3.8) is 0 Å². The van der Waals surface area contributed by atoms with Crippen LogP contribution in [0.25, 0.3) is 33.3 Å². The van der Waals surface area contributed by atoms with Crippen LogP contribution in [0.1, 0.15) is 41.6 Å². The summed E-state index contributed by atoms with van der Waals surface area (Å²) in [5.74, 6) is 0.813. The van der Waals surface area contributed by atoms with Crippen molar-refractivity contribution in [2.75, 3.05) is 7.05 Å². The van der Waals surface area contributed by atoms with E-state index in [2.05, 4.69) is 40.2 Å². The molecule has 0 spiro atoms. The van der Waals surface area contributed by atoms with Gasteiger partial charge in [-0.05, 0) is 48.1 Å².